The molecule has 0 radical (unpaired) electrons. The van der Waals surface area contributed by atoms with Gasteiger partial charge in [-0.15, -0.1) is 0 Å². The zero-order chi connectivity index (χ0) is 19.1. The van der Waals surface area contributed by atoms with Crippen molar-refractivity contribution in [1.29, 1.82) is 0 Å². The molecule has 0 spiro atoms. The molecule has 0 bridgehead atoms. The minimum Gasteiger partial charge on any atom is -0.381 e. The summed E-state index contributed by atoms with van der Waals surface area (Å²) in [5, 5.41) is 5.62. The minimum atomic E-state index is -0.695. The van der Waals surface area contributed by atoms with E-state index in [2.05, 4.69) is 5.10 Å². The zero-order valence-electron chi connectivity index (χ0n) is 15.3. The van der Waals surface area contributed by atoms with Crippen molar-refractivity contribution < 1.29 is 13.5 Å². The lowest BCUT2D eigenvalue weighted by Gasteiger charge is -2.24. The van der Waals surface area contributed by atoms with Crippen LogP contribution in [0.4, 0.5) is 8.78 Å². The number of ether oxygens (including phenoxy) is 1. The first-order chi connectivity index (χ1) is 13.0. The first kappa shape index (κ1) is 17.8. The number of halogens is 2. The number of aromatic nitrogens is 2. The van der Waals surface area contributed by atoms with E-state index in [9.17, 15) is 13.6 Å². The van der Waals surface area contributed by atoms with Crippen LogP contribution >= 0.6 is 0 Å². The normalized spacial score (nSPS) is 15.4. The van der Waals surface area contributed by atoms with Gasteiger partial charge in [-0.3, -0.25) is 4.79 Å². The maximum absolute atomic E-state index is 14.5. The smallest absolute Gasteiger partial charge is 0.274 e. The van der Waals surface area contributed by atoms with E-state index in [4.69, 9.17) is 4.74 Å². The van der Waals surface area contributed by atoms with Gasteiger partial charge in [0.1, 0.15) is 17.3 Å². The first-order valence-electron chi connectivity index (χ1n) is 9.02. The van der Waals surface area contributed by atoms with Crippen LogP contribution in [-0.2, 0) is 4.74 Å². The third-order valence-electron chi connectivity index (χ3n) is 5.26. The molecule has 1 fully saturated rings. The molecule has 140 valence electrons. The van der Waals surface area contributed by atoms with Crippen molar-refractivity contribution in [3.05, 3.63) is 63.4 Å². The maximum Gasteiger partial charge on any atom is 0.274 e. The van der Waals surface area contributed by atoms with Gasteiger partial charge < -0.3 is 4.74 Å². The van der Waals surface area contributed by atoms with Gasteiger partial charge in [0, 0.05) is 30.2 Å². The molecule has 27 heavy (non-hydrogen) atoms. The van der Waals surface area contributed by atoms with Crippen LogP contribution in [0, 0.1) is 25.5 Å². The largest absolute Gasteiger partial charge is 0.381 e. The number of rotatable bonds is 2. The molecule has 1 aliphatic heterocycles. The highest BCUT2D eigenvalue weighted by Crippen LogP contribution is 2.30. The van der Waals surface area contributed by atoms with Crippen molar-refractivity contribution in [3.8, 4) is 11.3 Å². The predicted octanol–water partition coefficient (Wildman–Crippen LogP) is 4.31. The molecule has 0 unspecified atom stereocenters. The van der Waals surface area contributed by atoms with E-state index in [0.717, 1.165) is 17.2 Å². The summed E-state index contributed by atoms with van der Waals surface area (Å²) in [7, 11) is 0. The summed E-state index contributed by atoms with van der Waals surface area (Å²) < 4.78 is 34.8. The standard InChI is InChI=1S/C21H20F2N2O2/c1-12-9-17-18(10-13(12)2)21(26)25(15-5-7-27-8-6-15)24-20(17)16-4-3-14(22)11-19(16)23/h3-4,9-11,15H,5-8H2,1-2H3. The highest BCUT2D eigenvalue weighted by Gasteiger charge is 2.22. The second kappa shape index (κ2) is 6.85. The number of fused-ring (bicyclic) bond motifs is 1. The summed E-state index contributed by atoms with van der Waals surface area (Å²) in [6.07, 6.45) is 1.35. The van der Waals surface area contributed by atoms with E-state index in [1.54, 1.807) is 0 Å². The second-order valence-corrected chi connectivity index (χ2v) is 7.05. The fourth-order valence-electron chi connectivity index (χ4n) is 3.58. The molecule has 1 aliphatic rings. The molecular weight excluding hydrogens is 350 g/mol. The van der Waals surface area contributed by atoms with Gasteiger partial charge in [-0.25, -0.2) is 13.5 Å². The summed E-state index contributed by atoms with van der Waals surface area (Å²) >= 11 is 0. The van der Waals surface area contributed by atoms with Crippen molar-refractivity contribution in [1.82, 2.24) is 9.78 Å². The van der Waals surface area contributed by atoms with Gasteiger partial charge in [0.05, 0.1) is 11.4 Å². The van der Waals surface area contributed by atoms with E-state index in [1.807, 2.05) is 26.0 Å². The van der Waals surface area contributed by atoms with Crippen molar-refractivity contribution in [2.24, 2.45) is 0 Å². The highest BCUT2D eigenvalue weighted by atomic mass is 19.1. The van der Waals surface area contributed by atoms with Gasteiger partial charge in [-0.1, -0.05) is 0 Å². The molecule has 0 N–H and O–H groups in total. The topological polar surface area (TPSA) is 44.1 Å². The monoisotopic (exact) mass is 370 g/mol. The Bertz CT molecular complexity index is 1090. The van der Waals surface area contributed by atoms with Crippen LogP contribution in [-0.4, -0.2) is 23.0 Å². The van der Waals surface area contributed by atoms with Crippen LogP contribution in [0.5, 0.6) is 0 Å². The van der Waals surface area contributed by atoms with Crippen LogP contribution in [0.1, 0.15) is 30.0 Å². The van der Waals surface area contributed by atoms with E-state index < -0.39 is 11.6 Å². The van der Waals surface area contributed by atoms with E-state index in [-0.39, 0.29) is 17.2 Å². The summed E-state index contributed by atoms with van der Waals surface area (Å²) in [4.78, 5) is 13.1. The molecule has 3 aromatic rings. The Hall–Kier alpha value is -2.60. The van der Waals surface area contributed by atoms with Crippen LogP contribution in [0.2, 0.25) is 0 Å². The average Bonchev–Trinajstić information content (AvgIpc) is 2.65. The fraction of sp³-hybridized carbons (Fsp3) is 0.333. The lowest BCUT2D eigenvalue weighted by Crippen LogP contribution is -2.31. The quantitative estimate of drug-likeness (QED) is 0.675. The van der Waals surface area contributed by atoms with Gasteiger partial charge in [-0.2, -0.15) is 5.10 Å². The van der Waals surface area contributed by atoms with E-state index in [1.165, 1.54) is 16.8 Å². The lowest BCUT2D eigenvalue weighted by atomic mass is 9.99. The summed E-state index contributed by atoms with van der Waals surface area (Å²) in [5.41, 5.74) is 2.32. The van der Waals surface area contributed by atoms with Gasteiger partial charge in [0.15, 0.2) is 0 Å². The first-order valence-corrected chi connectivity index (χ1v) is 9.02. The van der Waals surface area contributed by atoms with E-state index in [0.29, 0.717) is 42.5 Å². The molecule has 0 atom stereocenters. The molecule has 2 aromatic carbocycles. The van der Waals surface area contributed by atoms with Crippen LogP contribution in [0.3, 0.4) is 0 Å². The fourth-order valence-corrected chi connectivity index (χ4v) is 3.58. The molecule has 0 amide bonds. The van der Waals surface area contributed by atoms with Crippen molar-refractivity contribution in [2.45, 2.75) is 32.7 Å². The number of aryl methyl sites for hydroxylation is 2. The number of hydrogen-bond acceptors (Lipinski definition) is 3. The zero-order valence-corrected chi connectivity index (χ0v) is 15.3. The third-order valence-corrected chi connectivity index (χ3v) is 5.26. The maximum atomic E-state index is 14.5. The lowest BCUT2D eigenvalue weighted by molar-refractivity contribution is 0.0651. The predicted molar refractivity (Wildman–Crippen MR) is 99.9 cm³/mol. The minimum absolute atomic E-state index is 0.0977. The van der Waals surface area contributed by atoms with Gasteiger partial charge in [0.2, 0.25) is 0 Å². The third kappa shape index (κ3) is 3.14. The summed E-state index contributed by atoms with van der Waals surface area (Å²) in [6.45, 7) is 4.99. The van der Waals surface area contributed by atoms with Crippen LogP contribution in [0.15, 0.2) is 35.1 Å². The van der Waals surface area contributed by atoms with Gasteiger partial charge >= 0.3 is 0 Å². The Kier molecular flexibility index (Phi) is 4.52. The van der Waals surface area contributed by atoms with Gasteiger partial charge in [-0.05, 0) is 62.1 Å². The molecule has 4 nitrogen and oxygen atoms in total. The van der Waals surface area contributed by atoms with Gasteiger partial charge in [0.25, 0.3) is 5.56 Å². The molecule has 2 heterocycles. The Labute approximate surface area is 155 Å². The van der Waals surface area contributed by atoms with Crippen molar-refractivity contribution in [3.63, 3.8) is 0 Å². The number of benzene rings is 2. The van der Waals surface area contributed by atoms with Crippen LogP contribution in [0.25, 0.3) is 22.0 Å². The number of nitrogens with zero attached hydrogens (tertiary/aromatic N) is 2. The Morgan fingerprint density at radius 3 is 2.37 bits per heavy atom. The highest BCUT2D eigenvalue weighted by molar-refractivity contribution is 5.94. The van der Waals surface area contributed by atoms with Crippen molar-refractivity contribution in [2.75, 3.05) is 13.2 Å². The summed E-state index contributed by atoms with van der Waals surface area (Å²) in [5.74, 6) is -1.34. The molecule has 4 rings (SSSR count). The van der Waals surface area contributed by atoms with Crippen molar-refractivity contribution >= 4 is 10.8 Å². The molecule has 0 saturated carbocycles. The average molecular weight is 370 g/mol. The summed E-state index contributed by atoms with van der Waals surface area (Å²) in [6, 6.07) is 7.01. The Morgan fingerprint density at radius 1 is 1.04 bits per heavy atom. The second-order valence-electron chi connectivity index (χ2n) is 7.05. The molecule has 1 saturated heterocycles. The Balaban J connectivity index is 2.04. The Morgan fingerprint density at radius 2 is 1.70 bits per heavy atom. The molecule has 1 aromatic heterocycles. The SMILES string of the molecule is Cc1cc2c(-c3ccc(F)cc3F)nn(C3CCOCC3)c(=O)c2cc1C. The molecule has 0 aliphatic carbocycles. The molecular formula is C21H20F2N2O2. The van der Waals surface area contributed by atoms with Crippen LogP contribution < -0.4 is 5.56 Å². The number of hydrogen-bond donors (Lipinski definition) is 0. The van der Waals surface area contributed by atoms with E-state index >= 15 is 0 Å². The molecule has 6 heteroatoms.